The van der Waals surface area contributed by atoms with Crippen molar-refractivity contribution in [3.05, 3.63) is 0 Å². The standard InChI is InChI=1S/C15H31N3O3/c1-5-16-6-12-20-13-11-17-7-9-18(10-8-17)14(19)21-15(2,3)4/h16H,5-13H2,1-4H3. The van der Waals surface area contributed by atoms with Gasteiger partial charge in [-0.1, -0.05) is 6.92 Å². The molecular weight excluding hydrogens is 270 g/mol. The predicted octanol–water partition coefficient (Wildman–Crippen LogP) is 1.17. The Bertz CT molecular complexity index is 297. The number of rotatable bonds is 7. The SMILES string of the molecule is CCNCCOCCN1CCN(C(=O)OC(C)(C)C)CC1. The topological polar surface area (TPSA) is 54.0 Å². The van der Waals surface area contributed by atoms with Gasteiger partial charge in [0.05, 0.1) is 13.2 Å². The van der Waals surface area contributed by atoms with Crippen molar-refractivity contribution in [1.29, 1.82) is 0 Å². The number of nitrogens with zero attached hydrogens (tertiary/aromatic N) is 2. The van der Waals surface area contributed by atoms with Crippen LogP contribution in [-0.4, -0.2) is 80.5 Å². The molecule has 1 saturated heterocycles. The molecule has 0 aromatic carbocycles. The maximum absolute atomic E-state index is 11.9. The second kappa shape index (κ2) is 9.23. The van der Waals surface area contributed by atoms with Gasteiger partial charge in [-0.15, -0.1) is 0 Å². The third-order valence-electron chi connectivity index (χ3n) is 3.25. The first-order chi connectivity index (χ1) is 9.92. The predicted molar refractivity (Wildman–Crippen MR) is 83.6 cm³/mol. The van der Waals surface area contributed by atoms with E-state index < -0.39 is 5.60 Å². The minimum atomic E-state index is -0.422. The molecule has 21 heavy (non-hydrogen) atoms. The summed E-state index contributed by atoms with van der Waals surface area (Å²) in [6.07, 6.45) is -0.205. The van der Waals surface area contributed by atoms with Crippen LogP contribution in [-0.2, 0) is 9.47 Å². The van der Waals surface area contributed by atoms with Gasteiger partial charge < -0.3 is 19.7 Å². The number of nitrogens with one attached hydrogen (secondary N) is 1. The van der Waals surface area contributed by atoms with E-state index in [1.165, 1.54) is 0 Å². The van der Waals surface area contributed by atoms with Gasteiger partial charge in [0.25, 0.3) is 0 Å². The average Bonchev–Trinajstić information content (AvgIpc) is 2.41. The van der Waals surface area contributed by atoms with Gasteiger partial charge in [-0.2, -0.15) is 0 Å². The second-order valence-electron chi connectivity index (χ2n) is 6.27. The molecule has 1 heterocycles. The van der Waals surface area contributed by atoms with Crippen LogP contribution in [0.2, 0.25) is 0 Å². The van der Waals surface area contributed by atoms with Crippen LogP contribution in [0.1, 0.15) is 27.7 Å². The lowest BCUT2D eigenvalue weighted by atomic mass is 10.2. The quantitative estimate of drug-likeness (QED) is 0.715. The van der Waals surface area contributed by atoms with E-state index in [4.69, 9.17) is 9.47 Å². The summed E-state index contributed by atoms with van der Waals surface area (Å²) in [6, 6.07) is 0. The van der Waals surface area contributed by atoms with Gasteiger partial charge in [0.15, 0.2) is 0 Å². The molecule has 1 fully saturated rings. The van der Waals surface area contributed by atoms with Crippen LogP contribution in [0.25, 0.3) is 0 Å². The Balaban J connectivity index is 2.10. The highest BCUT2D eigenvalue weighted by atomic mass is 16.6. The van der Waals surface area contributed by atoms with E-state index in [0.717, 1.165) is 59.0 Å². The van der Waals surface area contributed by atoms with Crippen molar-refractivity contribution in [3.8, 4) is 0 Å². The molecule has 1 aliphatic rings. The molecule has 1 N–H and O–H groups in total. The number of hydrogen-bond acceptors (Lipinski definition) is 5. The molecule has 6 nitrogen and oxygen atoms in total. The monoisotopic (exact) mass is 301 g/mol. The minimum absolute atomic E-state index is 0.205. The first kappa shape index (κ1) is 18.2. The summed E-state index contributed by atoms with van der Waals surface area (Å²) < 4.78 is 11.0. The zero-order valence-corrected chi connectivity index (χ0v) is 14.0. The molecule has 0 radical (unpaired) electrons. The highest BCUT2D eigenvalue weighted by Crippen LogP contribution is 2.11. The van der Waals surface area contributed by atoms with Crippen LogP contribution < -0.4 is 5.32 Å². The maximum Gasteiger partial charge on any atom is 0.410 e. The number of piperazine rings is 1. The van der Waals surface area contributed by atoms with Crippen molar-refractivity contribution in [2.24, 2.45) is 0 Å². The first-order valence-electron chi connectivity index (χ1n) is 7.91. The number of carbonyl (C=O) groups excluding carboxylic acids is 1. The molecule has 0 spiro atoms. The van der Waals surface area contributed by atoms with Gasteiger partial charge >= 0.3 is 6.09 Å². The number of hydrogen-bond donors (Lipinski definition) is 1. The third kappa shape index (κ3) is 8.24. The molecule has 0 bridgehead atoms. The van der Waals surface area contributed by atoms with Gasteiger partial charge in [-0.05, 0) is 27.3 Å². The third-order valence-corrected chi connectivity index (χ3v) is 3.25. The van der Waals surface area contributed by atoms with Crippen LogP contribution in [0.15, 0.2) is 0 Å². The van der Waals surface area contributed by atoms with Gasteiger partial charge in [0, 0.05) is 39.3 Å². The molecule has 0 saturated carbocycles. The van der Waals surface area contributed by atoms with Crippen molar-refractivity contribution >= 4 is 6.09 Å². The van der Waals surface area contributed by atoms with E-state index in [0.29, 0.717) is 0 Å². The number of ether oxygens (including phenoxy) is 2. The molecule has 0 atom stereocenters. The summed E-state index contributed by atoms with van der Waals surface area (Å²) in [5, 5.41) is 3.23. The Labute approximate surface area is 128 Å². The van der Waals surface area contributed by atoms with E-state index in [2.05, 4.69) is 17.1 Å². The molecule has 1 aliphatic heterocycles. The number of likely N-dealkylation sites (N-methyl/N-ethyl adjacent to an activating group) is 1. The Morgan fingerprint density at radius 2 is 1.81 bits per heavy atom. The summed E-state index contributed by atoms with van der Waals surface area (Å²) in [6.45, 7) is 15.3. The number of carbonyl (C=O) groups is 1. The second-order valence-corrected chi connectivity index (χ2v) is 6.27. The fourth-order valence-corrected chi connectivity index (χ4v) is 2.10. The zero-order valence-electron chi connectivity index (χ0n) is 14.0. The molecular formula is C15H31N3O3. The summed E-state index contributed by atoms with van der Waals surface area (Å²) in [4.78, 5) is 16.0. The zero-order chi connectivity index (χ0) is 15.7. The van der Waals surface area contributed by atoms with Crippen LogP contribution in [0.4, 0.5) is 4.79 Å². The smallest absolute Gasteiger partial charge is 0.410 e. The molecule has 0 aromatic rings. The lowest BCUT2D eigenvalue weighted by Crippen LogP contribution is -2.50. The Morgan fingerprint density at radius 1 is 1.14 bits per heavy atom. The lowest BCUT2D eigenvalue weighted by Gasteiger charge is -2.35. The molecule has 0 aromatic heterocycles. The van der Waals surface area contributed by atoms with Gasteiger partial charge in [0.2, 0.25) is 0 Å². The van der Waals surface area contributed by atoms with E-state index >= 15 is 0 Å². The van der Waals surface area contributed by atoms with Crippen LogP contribution in [0.5, 0.6) is 0 Å². The van der Waals surface area contributed by atoms with Crippen molar-refractivity contribution in [2.45, 2.75) is 33.3 Å². The lowest BCUT2D eigenvalue weighted by molar-refractivity contribution is 0.0117. The average molecular weight is 301 g/mol. The van der Waals surface area contributed by atoms with Gasteiger partial charge in [-0.25, -0.2) is 4.79 Å². The van der Waals surface area contributed by atoms with E-state index in [9.17, 15) is 4.79 Å². The first-order valence-corrected chi connectivity index (χ1v) is 7.91. The molecule has 124 valence electrons. The van der Waals surface area contributed by atoms with Gasteiger partial charge in [0.1, 0.15) is 5.60 Å². The highest BCUT2D eigenvalue weighted by Gasteiger charge is 2.25. The van der Waals surface area contributed by atoms with Crippen molar-refractivity contribution < 1.29 is 14.3 Å². The highest BCUT2D eigenvalue weighted by molar-refractivity contribution is 5.68. The molecule has 1 amide bonds. The normalized spacial score (nSPS) is 17.0. The number of amides is 1. The minimum Gasteiger partial charge on any atom is -0.444 e. The summed E-state index contributed by atoms with van der Waals surface area (Å²) in [7, 11) is 0. The summed E-state index contributed by atoms with van der Waals surface area (Å²) in [5.41, 5.74) is -0.422. The van der Waals surface area contributed by atoms with Crippen LogP contribution in [0.3, 0.4) is 0 Å². The van der Waals surface area contributed by atoms with Crippen molar-refractivity contribution in [1.82, 2.24) is 15.1 Å². The van der Waals surface area contributed by atoms with Crippen LogP contribution >= 0.6 is 0 Å². The van der Waals surface area contributed by atoms with E-state index in [1.54, 1.807) is 4.90 Å². The Morgan fingerprint density at radius 3 is 2.38 bits per heavy atom. The Kier molecular flexibility index (Phi) is 8.00. The van der Waals surface area contributed by atoms with E-state index in [1.807, 2.05) is 20.8 Å². The molecule has 1 rings (SSSR count). The van der Waals surface area contributed by atoms with Gasteiger partial charge in [-0.3, -0.25) is 4.90 Å². The largest absolute Gasteiger partial charge is 0.444 e. The summed E-state index contributed by atoms with van der Waals surface area (Å²) in [5.74, 6) is 0. The molecule has 6 heteroatoms. The van der Waals surface area contributed by atoms with Crippen LogP contribution in [0, 0.1) is 0 Å². The molecule has 0 unspecified atom stereocenters. The van der Waals surface area contributed by atoms with Crippen molar-refractivity contribution in [2.75, 3.05) is 59.0 Å². The van der Waals surface area contributed by atoms with Crippen molar-refractivity contribution in [3.63, 3.8) is 0 Å². The summed E-state index contributed by atoms with van der Waals surface area (Å²) >= 11 is 0. The Hall–Kier alpha value is -0.850. The maximum atomic E-state index is 11.9. The molecule has 0 aliphatic carbocycles. The fraction of sp³-hybridized carbons (Fsp3) is 0.933. The fourth-order valence-electron chi connectivity index (χ4n) is 2.10. The van der Waals surface area contributed by atoms with E-state index in [-0.39, 0.29) is 6.09 Å².